The maximum atomic E-state index is 5.79. The Kier molecular flexibility index (Phi) is 6.19. The van der Waals surface area contributed by atoms with Gasteiger partial charge in [-0.3, -0.25) is 0 Å². The third kappa shape index (κ3) is 5.07. The van der Waals surface area contributed by atoms with Gasteiger partial charge in [0.2, 0.25) is 5.95 Å². The van der Waals surface area contributed by atoms with E-state index in [1.807, 2.05) is 55.5 Å². The first-order valence-corrected chi connectivity index (χ1v) is 8.32. The van der Waals surface area contributed by atoms with Crippen molar-refractivity contribution in [3.05, 3.63) is 60.4 Å². The van der Waals surface area contributed by atoms with Crippen LogP contribution >= 0.6 is 0 Å². The molecule has 0 radical (unpaired) electrons. The zero-order valence-electron chi connectivity index (χ0n) is 14.5. The van der Waals surface area contributed by atoms with Gasteiger partial charge in [-0.15, -0.1) is 0 Å². The molecule has 2 aromatic carbocycles. The molecule has 1 heterocycles. The molecule has 26 heavy (non-hydrogen) atoms. The summed E-state index contributed by atoms with van der Waals surface area (Å²) in [6.45, 7) is 3.34. The molecule has 0 amide bonds. The van der Waals surface area contributed by atoms with Crippen LogP contribution in [0.1, 0.15) is 12.5 Å². The zero-order chi connectivity index (χ0) is 18.0. The quantitative estimate of drug-likeness (QED) is 0.471. The molecule has 7 heteroatoms. The van der Waals surface area contributed by atoms with Gasteiger partial charge in [-0.25, -0.2) is 10.1 Å². The summed E-state index contributed by atoms with van der Waals surface area (Å²) in [4.78, 5) is 8.15. The molecule has 3 aromatic rings. The lowest BCUT2D eigenvalue weighted by Crippen LogP contribution is -2.10. The molecular formula is C19H20N4O3. The van der Waals surface area contributed by atoms with Crippen LogP contribution in [0.4, 0.5) is 5.95 Å². The van der Waals surface area contributed by atoms with Crippen molar-refractivity contribution in [1.82, 2.24) is 15.2 Å². The predicted molar refractivity (Wildman–Crippen MR) is 98.7 cm³/mol. The number of nitrogens with one attached hydrogen (secondary N) is 1. The average molecular weight is 352 g/mol. The van der Waals surface area contributed by atoms with E-state index in [1.54, 1.807) is 6.21 Å². The molecule has 0 aliphatic rings. The number of para-hydroxylation sites is 1. The highest BCUT2D eigenvalue weighted by Gasteiger charge is 2.06. The van der Waals surface area contributed by atoms with Crippen LogP contribution in [0.2, 0.25) is 0 Å². The van der Waals surface area contributed by atoms with E-state index < -0.39 is 0 Å². The Hall–Kier alpha value is -3.35. The van der Waals surface area contributed by atoms with Crippen LogP contribution in [0.3, 0.4) is 0 Å². The number of H-pyrrole nitrogens is 1. The number of nitrogens with zero attached hydrogens (tertiary/aromatic N) is 3. The summed E-state index contributed by atoms with van der Waals surface area (Å²) in [5.41, 5.74) is 0.873. The number of rotatable bonds is 9. The first kappa shape index (κ1) is 17.5. The lowest BCUT2D eigenvalue weighted by molar-refractivity contribution is 0.208. The summed E-state index contributed by atoms with van der Waals surface area (Å²) < 4.78 is 17.1. The van der Waals surface area contributed by atoms with Crippen molar-refractivity contribution in [2.45, 2.75) is 6.92 Å². The smallest absolute Gasteiger partial charge is 0.245 e. The number of aliphatic imine (C=N–C) groups is 1. The molecule has 1 N–H and O–H groups in total. The molecule has 0 bridgehead atoms. The molecule has 0 spiro atoms. The molecular weight excluding hydrogens is 332 g/mol. The first-order valence-electron chi connectivity index (χ1n) is 8.32. The second-order valence-electron chi connectivity index (χ2n) is 5.22. The van der Waals surface area contributed by atoms with E-state index in [0.29, 0.717) is 37.3 Å². The van der Waals surface area contributed by atoms with Crippen LogP contribution in [0, 0.1) is 0 Å². The monoisotopic (exact) mass is 352 g/mol. The normalized spacial score (nSPS) is 10.8. The van der Waals surface area contributed by atoms with Gasteiger partial charge >= 0.3 is 0 Å². The molecule has 7 nitrogen and oxygen atoms in total. The Balaban J connectivity index is 1.59. The van der Waals surface area contributed by atoms with Crippen LogP contribution in [0.5, 0.6) is 17.2 Å². The lowest BCUT2D eigenvalue weighted by Gasteiger charge is -2.13. The van der Waals surface area contributed by atoms with E-state index in [2.05, 4.69) is 20.2 Å². The van der Waals surface area contributed by atoms with Crippen LogP contribution in [-0.2, 0) is 0 Å². The van der Waals surface area contributed by atoms with Crippen molar-refractivity contribution >= 4 is 12.2 Å². The summed E-state index contributed by atoms with van der Waals surface area (Å²) >= 11 is 0. The fourth-order valence-corrected chi connectivity index (χ4v) is 2.22. The van der Waals surface area contributed by atoms with Crippen molar-refractivity contribution in [2.75, 3.05) is 19.8 Å². The van der Waals surface area contributed by atoms with Crippen LogP contribution in [0.15, 0.2) is 59.9 Å². The molecule has 3 rings (SSSR count). The van der Waals surface area contributed by atoms with Crippen molar-refractivity contribution in [3.8, 4) is 17.2 Å². The van der Waals surface area contributed by atoms with Gasteiger partial charge in [0.15, 0.2) is 11.5 Å². The van der Waals surface area contributed by atoms with Gasteiger partial charge in [-0.2, -0.15) is 10.1 Å². The second-order valence-corrected chi connectivity index (χ2v) is 5.22. The summed E-state index contributed by atoms with van der Waals surface area (Å²) in [5.74, 6) is 2.59. The maximum Gasteiger partial charge on any atom is 0.245 e. The van der Waals surface area contributed by atoms with E-state index in [1.165, 1.54) is 6.33 Å². The number of hydrogen-bond acceptors (Lipinski definition) is 6. The predicted octanol–water partition coefficient (Wildman–Crippen LogP) is 3.41. The van der Waals surface area contributed by atoms with Crippen molar-refractivity contribution in [2.24, 2.45) is 4.99 Å². The number of ether oxygens (including phenoxy) is 3. The summed E-state index contributed by atoms with van der Waals surface area (Å²) in [5, 5.41) is 6.43. The van der Waals surface area contributed by atoms with E-state index in [0.717, 1.165) is 11.3 Å². The van der Waals surface area contributed by atoms with Gasteiger partial charge < -0.3 is 14.2 Å². The third-order valence-electron chi connectivity index (χ3n) is 3.36. The molecule has 1 aromatic heterocycles. The number of aromatic nitrogens is 3. The van der Waals surface area contributed by atoms with Gasteiger partial charge in [0.05, 0.1) is 6.61 Å². The highest BCUT2D eigenvalue weighted by atomic mass is 16.5. The minimum Gasteiger partial charge on any atom is -0.490 e. The van der Waals surface area contributed by atoms with Gasteiger partial charge in [-0.05, 0) is 42.8 Å². The average Bonchev–Trinajstić information content (AvgIpc) is 3.19. The highest BCUT2D eigenvalue weighted by Crippen LogP contribution is 2.28. The number of benzene rings is 2. The largest absolute Gasteiger partial charge is 0.490 e. The third-order valence-corrected chi connectivity index (χ3v) is 3.36. The maximum absolute atomic E-state index is 5.79. The van der Waals surface area contributed by atoms with Crippen molar-refractivity contribution in [3.63, 3.8) is 0 Å². The Morgan fingerprint density at radius 3 is 2.62 bits per heavy atom. The van der Waals surface area contributed by atoms with Crippen LogP contribution in [0.25, 0.3) is 0 Å². The zero-order valence-corrected chi connectivity index (χ0v) is 14.5. The van der Waals surface area contributed by atoms with E-state index in [4.69, 9.17) is 14.2 Å². The van der Waals surface area contributed by atoms with Gasteiger partial charge in [0.1, 0.15) is 25.3 Å². The topological polar surface area (TPSA) is 81.6 Å². The lowest BCUT2D eigenvalue weighted by atomic mass is 10.2. The Bertz CT molecular complexity index is 820. The molecule has 0 atom stereocenters. The van der Waals surface area contributed by atoms with Gasteiger partial charge in [0.25, 0.3) is 0 Å². The summed E-state index contributed by atoms with van der Waals surface area (Å²) in [7, 11) is 0. The Labute approximate surface area is 151 Å². The molecule has 0 fully saturated rings. The fraction of sp³-hybridized carbons (Fsp3) is 0.211. The molecule has 134 valence electrons. The molecule has 0 aliphatic heterocycles. The van der Waals surface area contributed by atoms with Gasteiger partial charge in [-0.1, -0.05) is 18.2 Å². The van der Waals surface area contributed by atoms with E-state index in [-0.39, 0.29) is 0 Å². The van der Waals surface area contributed by atoms with Crippen molar-refractivity contribution < 1.29 is 14.2 Å². The Morgan fingerprint density at radius 2 is 1.85 bits per heavy atom. The molecule has 0 saturated heterocycles. The van der Waals surface area contributed by atoms with Crippen LogP contribution in [-0.4, -0.2) is 41.2 Å². The number of hydrogen-bond donors (Lipinski definition) is 1. The Morgan fingerprint density at radius 1 is 1.00 bits per heavy atom. The summed E-state index contributed by atoms with van der Waals surface area (Å²) in [6, 6.07) is 15.3. The number of aromatic amines is 1. The van der Waals surface area contributed by atoms with E-state index >= 15 is 0 Å². The highest BCUT2D eigenvalue weighted by molar-refractivity contribution is 5.82. The van der Waals surface area contributed by atoms with Gasteiger partial charge in [0, 0.05) is 6.21 Å². The minimum atomic E-state index is 0.417. The minimum absolute atomic E-state index is 0.417. The molecule has 0 saturated carbocycles. The SMILES string of the molecule is CCOc1cc(/C=N/c2ncn[nH]2)ccc1OCCOc1ccccc1. The molecule has 0 aliphatic carbocycles. The fourth-order valence-electron chi connectivity index (χ4n) is 2.22. The second kappa shape index (κ2) is 9.22. The standard InChI is InChI=1S/C19H20N4O3/c1-2-24-18-12-15(13-20-19-21-14-22-23-19)8-9-17(18)26-11-10-25-16-6-4-3-5-7-16/h3-9,12-14H,2,10-11H2,1H3,(H,21,22,23)/b20-13+. The molecule has 0 unspecified atom stereocenters. The van der Waals surface area contributed by atoms with E-state index in [9.17, 15) is 0 Å². The van der Waals surface area contributed by atoms with Crippen molar-refractivity contribution in [1.29, 1.82) is 0 Å². The first-order chi connectivity index (χ1) is 12.8. The summed E-state index contributed by atoms with van der Waals surface area (Å²) in [6.07, 6.45) is 3.10. The van der Waals surface area contributed by atoms with Crippen LogP contribution < -0.4 is 14.2 Å².